The Morgan fingerprint density at radius 3 is 2.57 bits per heavy atom. The predicted molar refractivity (Wildman–Crippen MR) is 87.6 cm³/mol. The predicted octanol–water partition coefficient (Wildman–Crippen LogP) is 2.18. The average molecular weight is 309 g/mol. The summed E-state index contributed by atoms with van der Waals surface area (Å²) in [5.41, 5.74) is 4.72. The van der Waals surface area contributed by atoms with Crippen molar-refractivity contribution in [2.75, 3.05) is 0 Å². The van der Waals surface area contributed by atoms with Gasteiger partial charge in [-0.05, 0) is 18.1 Å². The van der Waals surface area contributed by atoms with Crippen molar-refractivity contribution >= 4 is 0 Å². The number of nitrogens with zero attached hydrogens (tertiary/aromatic N) is 5. The highest BCUT2D eigenvalue weighted by atomic mass is 16.3. The molecule has 0 radical (unpaired) electrons. The molecule has 2 aromatic heterocycles. The molecular weight excluding hydrogens is 290 g/mol. The Morgan fingerprint density at radius 2 is 1.87 bits per heavy atom. The third-order valence-electron chi connectivity index (χ3n) is 3.63. The fourth-order valence-corrected chi connectivity index (χ4v) is 2.43. The van der Waals surface area contributed by atoms with Gasteiger partial charge in [0.25, 0.3) is 0 Å². The maximum Gasteiger partial charge on any atom is 0.116 e. The van der Waals surface area contributed by atoms with Crippen LogP contribution in [0.15, 0.2) is 49.3 Å². The highest BCUT2D eigenvalue weighted by Crippen LogP contribution is 2.20. The van der Waals surface area contributed by atoms with Crippen LogP contribution in [0.4, 0.5) is 0 Å². The lowest BCUT2D eigenvalue weighted by atomic mass is 10.1. The molecule has 2 heterocycles. The number of aromatic nitrogens is 5. The van der Waals surface area contributed by atoms with E-state index in [1.165, 1.54) is 0 Å². The first-order valence-electron chi connectivity index (χ1n) is 7.43. The fourth-order valence-electron chi connectivity index (χ4n) is 2.43. The smallest absolute Gasteiger partial charge is 0.116 e. The average Bonchev–Trinajstić information content (AvgIpc) is 3.15. The molecule has 0 aliphatic rings. The van der Waals surface area contributed by atoms with E-state index < -0.39 is 0 Å². The number of rotatable bonds is 6. The van der Waals surface area contributed by atoms with E-state index in [0.717, 1.165) is 28.1 Å². The highest BCUT2D eigenvalue weighted by Gasteiger charge is 2.11. The van der Waals surface area contributed by atoms with E-state index in [2.05, 4.69) is 22.0 Å². The first-order valence-corrected chi connectivity index (χ1v) is 7.43. The normalized spacial score (nSPS) is 10.9. The molecule has 0 amide bonds. The van der Waals surface area contributed by atoms with Crippen molar-refractivity contribution < 1.29 is 5.11 Å². The molecule has 3 rings (SSSR count). The summed E-state index contributed by atoms with van der Waals surface area (Å²) in [6.45, 7) is 7.05. The van der Waals surface area contributed by atoms with Crippen LogP contribution in [-0.2, 0) is 19.7 Å². The minimum atomic E-state index is 0.0573. The van der Waals surface area contributed by atoms with Crippen LogP contribution in [0.5, 0.6) is 0 Å². The van der Waals surface area contributed by atoms with Crippen molar-refractivity contribution in [2.24, 2.45) is 0 Å². The topological polar surface area (TPSA) is 68.8 Å². The van der Waals surface area contributed by atoms with Crippen LogP contribution >= 0.6 is 0 Å². The number of hydrogen-bond acceptors (Lipinski definition) is 4. The van der Waals surface area contributed by atoms with E-state index in [-0.39, 0.29) is 6.61 Å². The molecule has 0 unspecified atom stereocenters. The van der Waals surface area contributed by atoms with Gasteiger partial charge in [0.1, 0.15) is 5.69 Å². The van der Waals surface area contributed by atoms with Gasteiger partial charge < -0.3 is 5.11 Å². The van der Waals surface area contributed by atoms with Gasteiger partial charge in [-0.2, -0.15) is 5.10 Å². The fraction of sp³-hybridized carbons (Fsp3) is 0.235. The maximum absolute atomic E-state index is 9.07. The largest absolute Gasteiger partial charge is 0.392 e. The molecule has 1 N–H and O–H groups in total. The van der Waals surface area contributed by atoms with Crippen molar-refractivity contribution in [2.45, 2.75) is 26.6 Å². The van der Waals surface area contributed by atoms with E-state index >= 15 is 0 Å². The van der Waals surface area contributed by atoms with Gasteiger partial charge in [-0.25, -0.2) is 4.68 Å². The van der Waals surface area contributed by atoms with E-state index in [0.29, 0.717) is 13.1 Å². The third-order valence-corrected chi connectivity index (χ3v) is 3.63. The SMILES string of the molecule is C=CCn1cc(-c2cn(Cc3ccc(CO)cc3)nn2)c(C)n1. The zero-order valence-electron chi connectivity index (χ0n) is 13.1. The molecule has 0 fully saturated rings. The summed E-state index contributed by atoms with van der Waals surface area (Å²) in [5.74, 6) is 0. The number of aliphatic hydroxyl groups is 1. The van der Waals surface area contributed by atoms with Crippen molar-refractivity contribution in [3.05, 3.63) is 66.1 Å². The Hall–Kier alpha value is -2.73. The van der Waals surface area contributed by atoms with Gasteiger partial charge >= 0.3 is 0 Å². The minimum Gasteiger partial charge on any atom is -0.392 e. The second kappa shape index (κ2) is 6.58. The summed E-state index contributed by atoms with van der Waals surface area (Å²) in [5, 5.41) is 21.9. The second-order valence-corrected chi connectivity index (χ2v) is 5.41. The molecular formula is C17H19N5O. The highest BCUT2D eigenvalue weighted by molar-refractivity contribution is 5.59. The maximum atomic E-state index is 9.07. The van der Waals surface area contributed by atoms with Crippen molar-refractivity contribution in [1.82, 2.24) is 24.8 Å². The lowest BCUT2D eigenvalue weighted by Crippen LogP contribution is -2.00. The van der Waals surface area contributed by atoms with Crippen LogP contribution < -0.4 is 0 Å². The zero-order chi connectivity index (χ0) is 16.2. The van der Waals surface area contributed by atoms with Crippen LogP contribution in [0.25, 0.3) is 11.3 Å². The molecule has 3 aromatic rings. The summed E-state index contributed by atoms with van der Waals surface area (Å²) >= 11 is 0. The standard InChI is InChI=1S/C17H19N5O/c1-3-8-21-10-16(13(2)19-21)17-11-22(20-18-17)9-14-4-6-15(12-23)7-5-14/h3-7,10-11,23H,1,8-9,12H2,2H3. The van der Waals surface area contributed by atoms with E-state index in [4.69, 9.17) is 5.11 Å². The summed E-state index contributed by atoms with van der Waals surface area (Å²) in [7, 11) is 0. The van der Waals surface area contributed by atoms with Gasteiger partial charge in [0.05, 0.1) is 31.6 Å². The summed E-state index contributed by atoms with van der Waals surface area (Å²) in [6, 6.07) is 7.80. The van der Waals surface area contributed by atoms with Crippen LogP contribution in [0.3, 0.4) is 0 Å². The molecule has 1 aromatic carbocycles. The molecule has 0 atom stereocenters. The van der Waals surface area contributed by atoms with E-state index in [9.17, 15) is 0 Å². The van der Waals surface area contributed by atoms with Gasteiger partial charge in [-0.1, -0.05) is 35.6 Å². The van der Waals surface area contributed by atoms with Crippen LogP contribution in [0.2, 0.25) is 0 Å². The molecule has 0 bridgehead atoms. The molecule has 0 saturated carbocycles. The monoisotopic (exact) mass is 309 g/mol. The van der Waals surface area contributed by atoms with E-state index in [1.807, 2.05) is 54.3 Å². The lowest BCUT2D eigenvalue weighted by Gasteiger charge is -2.02. The Kier molecular flexibility index (Phi) is 4.34. The molecule has 6 nitrogen and oxygen atoms in total. The van der Waals surface area contributed by atoms with Crippen molar-refractivity contribution in [3.8, 4) is 11.3 Å². The van der Waals surface area contributed by atoms with Crippen molar-refractivity contribution in [3.63, 3.8) is 0 Å². The summed E-state index contributed by atoms with van der Waals surface area (Å²) in [4.78, 5) is 0. The zero-order valence-corrected chi connectivity index (χ0v) is 13.1. The van der Waals surface area contributed by atoms with Gasteiger partial charge in [0, 0.05) is 11.8 Å². The van der Waals surface area contributed by atoms with Gasteiger partial charge in [-0.3, -0.25) is 4.68 Å². The lowest BCUT2D eigenvalue weighted by molar-refractivity contribution is 0.282. The minimum absolute atomic E-state index is 0.0573. The Balaban J connectivity index is 1.78. The number of allylic oxidation sites excluding steroid dienone is 1. The van der Waals surface area contributed by atoms with Crippen LogP contribution in [0.1, 0.15) is 16.8 Å². The third kappa shape index (κ3) is 3.37. The molecule has 0 aliphatic carbocycles. The van der Waals surface area contributed by atoms with Gasteiger partial charge in [0.2, 0.25) is 0 Å². The van der Waals surface area contributed by atoms with Crippen LogP contribution in [-0.4, -0.2) is 29.9 Å². The van der Waals surface area contributed by atoms with Crippen molar-refractivity contribution in [1.29, 1.82) is 0 Å². The molecule has 118 valence electrons. The molecule has 0 aliphatic heterocycles. The summed E-state index contributed by atoms with van der Waals surface area (Å²) in [6.07, 6.45) is 5.69. The Bertz CT molecular complexity index is 801. The number of aryl methyl sites for hydroxylation is 1. The first kappa shape index (κ1) is 15.2. The Labute approximate surface area is 134 Å². The van der Waals surface area contributed by atoms with Gasteiger partial charge in [-0.15, -0.1) is 11.7 Å². The molecule has 0 spiro atoms. The van der Waals surface area contributed by atoms with Crippen LogP contribution in [0, 0.1) is 6.92 Å². The number of hydrogen-bond donors (Lipinski definition) is 1. The first-order chi connectivity index (χ1) is 11.2. The summed E-state index contributed by atoms with van der Waals surface area (Å²) < 4.78 is 3.64. The second-order valence-electron chi connectivity index (χ2n) is 5.41. The number of aliphatic hydroxyl groups excluding tert-OH is 1. The Morgan fingerprint density at radius 1 is 1.13 bits per heavy atom. The quantitative estimate of drug-likeness (QED) is 0.709. The number of benzene rings is 1. The van der Waals surface area contributed by atoms with E-state index in [1.54, 1.807) is 4.68 Å². The van der Waals surface area contributed by atoms with Gasteiger partial charge in [0.15, 0.2) is 0 Å². The molecule has 23 heavy (non-hydrogen) atoms. The molecule has 6 heteroatoms. The molecule has 0 saturated heterocycles.